The standard InChI is InChI=1S/C24H18N6O9/c31-19(25-28-22(34)16-4-1-7-37-16)13-10-14(20(32)26-29-23(35)17-5-2-8-38-17)12-15(11-13)21(33)27-30-24(36)18-6-3-9-39-18/h1-12H,(H,25,31)(H,26,32)(H,27,33)(H,28,34)(H,29,35)(H,30,36). The maximum Gasteiger partial charge on any atom is 0.305 e. The van der Waals surface area contributed by atoms with Gasteiger partial charge in [0.15, 0.2) is 17.3 Å². The van der Waals surface area contributed by atoms with E-state index in [4.69, 9.17) is 13.3 Å². The van der Waals surface area contributed by atoms with Crippen LogP contribution in [0.1, 0.15) is 62.7 Å². The molecule has 6 N–H and O–H groups in total. The van der Waals surface area contributed by atoms with Crippen molar-refractivity contribution in [2.75, 3.05) is 0 Å². The second-order valence-electron chi connectivity index (χ2n) is 7.46. The first-order valence-corrected chi connectivity index (χ1v) is 10.9. The molecule has 0 aliphatic rings. The highest BCUT2D eigenvalue weighted by atomic mass is 16.3. The predicted molar refractivity (Wildman–Crippen MR) is 127 cm³/mol. The number of rotatable bonds is 6. The number of carbonyl (C=O) groups excluding carboxylic acids is 6. The summed E-state index contributed by atoms with van der Waals surface area (Å²) in [6.07, 6.45) is 3.79. The molecule has 4 rings (SSSR count). The molecular weight excluding hydrogens is 516 g/mol. The van der Waals surface area contributed by atoms with Gasteiger partial charge in [-0.3, -0.25) is 61.3 Å². The molecule has 6 amide bonds. The van der Waals surface area contributed by atoms with E-state index in [0.717, 1.165) is 18.2 Å². The summed E-state index contributed by atoms with van der Waals surface area (Å²) in [6.45, 7) is 0. The minimum absolute atomic E-state index is 0.0805. The zero-order valence-electron chi connectivity index (χ0n) is 19.6. The van der Waals surface area contributed by atoms with Gasteiger partial charge < -0.3 is 13.3 Å². The summed E-state index contributed by atoms with van der Waals surface area (Å²) in [6, 6.07) is 11.8. The molecule has 15 heteroatoms. The number of furan rings is 3. The van der Waals surface area contributed by atoms with E-state index >= 15 is 0 Å². The number of hydrazine groups is 3. The quantitative estimate of drug-likeness (QED) is 0.192. The van der Waals surface area contributed by atoms with Crippen LogP contribution in [0, 0.1) is 0 Å². The Morgan fingerprint density at radius 3 is 0.897 bits per heavy atom. The highest BCUT2D eigenvalue weighted by Crippen LogP contribution is 2.12. The minimum atomic E-state index is -0.905. The summed E-state index contributed by atoms with van der Waals surface area (Å²) in [7, 11) is 0. The Morgan fingerprint density at radius 2 is 0.667 bits per heavy atom. The van der Waals surface area contributed by atoms with Crippen molar-refractivity contribution in [3.8, 4) is 0 Å². The topological polar surface area (TPSA) is 214 Å². The van der Waals surface area contributed by atoms with Gasteiger partial charge in [0.1, 0.15) is 0 Å². The smallest absolute Gasteiger partial charge is 0.305 e. The van der Waals surface area contributed by atoms with E-state index in [1.807, 2.05) is 0 Å². The molecule has 1 aromatic carbocycles. The zero-order chi connectivity index (χ0) is 27.8. The Bertz CT molecular complexity index is 1320. The number of carbonyl (C=O) groups is 6. The summed E-state index contributed by atoms with van der Waals surface area (Å²) in [4.78, 5) is 74.3. The first-order chi connectivity index (χ1) is 18.8. The van der Waals surface area contributed by atoms with Crippen LogP contribution >= 0.6 is 0 Å². The maximum atomic E-state index is 12.7. The molecule has 15 nitrogen and oxygen atoms in total. The summed E-state index contributed by atoms with van der Waals surface area (Å²) < 4.78 is 14.8. The maximum absolute atomic E-state index is 12.7. The fourth-order valence-corrected chi connectivity index (χ4v) is 2.99. The largest absolute Gasteiger partial charge is 0.459 e. The van der Waals surface area contributed by atoms with Crippen LogP contribution in [-0.2, 0) is 0 Å². The van der Waals surface area contributed by atoms with Gasteiger partial charge in [0.25, 0.3) is 17.7 Å². The van der Waals surface area contributed by atoms with Gasteiger partial charge in [-0.05, 0) is 54.6 Å². The Morgan fingerprint density at radius 1 is 0.410 bits per heavy atom. The molecule has 0 aliphatic heterocycles. The Balaban J connectivity index is 1.50. The fraction of sp³-hybridized carbons (Fsp3) is 0. The molecule has 0 saturated carbocycles. The average Bonchev–Trinajstić information content (AvgIpc) is 3.76. The third-order valence-electron chi connectivity index (χ3n) is 4.82. The van der Waals surface area contributed by atoms with Gasteiger partial charge in [0.2, 0.25) is 0 Å². The number of amides is 6. The minimum Gasteiger partial charge on any atom is -0.459 e. The summed E-state index contributed by atoms with van der Waals surface area (Å²) >= 11 is 0. The van der Waals surface area contributed by atoms with Crippen molar-refractivity contribution in [1.29, 1.82) is 0 Å². The molecule has 3 heterocycles. The second-order valence-corrected chi connectivity index (χ2v) is 7.46. The molecule has 4 aromatic rings. The second kappa shape index (κ2) is 11.7. The molecule has 0 atom stereocenters. The molecule has 39 heavy (non-hydrogen) atoms. The first-order valence-electron chi connectivity index (χ1n) is 10.9. The highest BCUT2D eigenvalue weighted by molar-refractivity contribution is 6.06. The number of nitrogens with one attached hydrogen (secondary N) is 6. The van der Waals surface area contributed by atoms with Gasteiger partial charge >= 0.3 is 17.7 Å². The van der Waals surface area contributed by atoms with Crippen molar-refractivity contribution >= 4 is 35.4 Å². The van der Waals surface area contributed by atoms with Crippen LogP contribution in [0.3, 0.4) is 0 Å². The van der Waals surface area contributed by atoms with Crippen LogP contribution in [0.2, 0.25) is 0 Å². The zero-order valence-corrected chi connectivity index (χ0v) is 19.6. The van der Waals surface area contributed by atoms with Gasteiger partial charge in [-0.1, -0.05) is 0 Å². The molecular formula is C24H18N6O9. The molecule has 3 aromatic heterocycles. The molecule has 0 bridgehead atoms. The van der Waals surface area contributed by atoms with Crippen LogP contribution < -0.4 is 32.6 Å². The predicted octanol–water partition coefficient (Wildman–Crippen LogP) is 0.690. The van der Waals surface area contributed by atoms with E-state index in [1.165, 1.54) is 55.2 Å². The normalized spacial score (nSPS) is 10.2. The van der Waals surface area contributed by atoms with Crippen molar-refractivity contribution in [3.63, 3.8) is 0 Å². The van der Waals surface area contributed by atoms with Crippen LogP contribution in [0.25, 0.3) is 0 Å². The summed E-state index contributed by atoms with van der Waals surface area (Å²) in [5.74, 6) is -5.24. The SMILES string of the molecule is O=C(NNC(=O)c1ccco1)c1cc(C(=O)NNC(=O)c2ccco2)cc(C(=O)NNC(=O)c2ccco2)c1. The Labute approximate surface area is 217 Å². The van der Waals surface area contributed by atoms with E-state index in [0.29, 0.717) is 0 Å². The van der Waals surface area contributed by atoms with Crippen molar-refractivity contribution in [2.45, 2.75) is 0 Å². The fourth-order valence-electron chi connectivity index (χ4n) is 2.99. The Hall–Kier alpha value is -6.12. The molecule has 0 radical (unpaired) electrons. The lowest BCUT2D eigenvalue weighted by atomic mass is 10.0. The molecule has 0 unspecified atom stereocenters. The molecule has 198 valence electrons. The Kier molecular flexibility index (Phi) is 7.82. The van der Waals surface area contributed by atoms with Gasteiger partial charge in [-0.15, -0.1) is 0 Å². The lowest BCUT2D eigenvalue weighted by Crippen LogP contribution is -2.43. The number of benzene rings is 1. The van der Waals surface area contributed by atoms with Gasteiger partial charge in [-0.25, -0.2) is 0 Å². The van der Waals surface area contributed by atoms with Crippen LogP contribution in [0.15, 0.2) is 86.6 Å². The van der Waals surface area contributed by atoms with Crippen LogP contribution in [-0.4, -0.2) is 35.4 Å². The lowest BCUT2D eigenvalue weighted by Gasteiger charge is -2.12. The van der Waals surface area contributed by atoms with Gasteiger partial charge in [0.05, 0.1) is 18.8 Å². The molecule has 0 saturated heterocycles. The van der Waals surface area contributed by atoms with E-state index in [2.05, 4.69) is 32.6 Å². The van der Waals surface area contributed by atoms with Crippen LogP contribution in [0.4, 0.5) is 0 Å². The molecule has 0 fully saturated rings. The molecule has 0 spiro atoms. The van der Waals surface area contributed by atoms with Crippen molar-refractivity contribution in [2.24, 2.45) is 0 Å². The van der Waals surface area contributed by atoms with E-state index in [-0.39, 0.29) is 34.0 Å². The van der Waals surface area contributed by atoms with Crippen LogP contribution in [0.5, 0.6) is 0 Å². The summed E-state index contributed by atoms with van der Waals surface area (Å²) in [5.41, 5.74) is 12.1. The van der Waals surface area contributed by atoms with Crippen molar-refractivity contribution in [1.82, 2.24) is 32.6 Å². The van der Waals surface area contributed by atoms with Crippen molar-refractivity contribution < 1.29 is 42.0 Å². The van der Waals surface area contributed by atoms with E-state index in [1.54, 1.807) is 0 Å². The number of hydrogen-bond donors (Lipinski definition) is 6. The highest BCUT2D eigenvalue weighted by Gasteiger charge is 2.19. The first kappa shape index (κ1) is 26.0. The van der Waals surface area contributed by atoms with Gasteiger partial charge in [0, 0.05) is 16.7 Å². The molecule has 0 aliphatic carbocycles. The van der Waals surface area contributed by atoms with E-state index in [9.17, 15) is 28.8 Å². The monoisotopic (exact) mass is 534 g/mol. The van der Waals surface area contributed by atoms with Crippen molar-refractivity contribution in [3.05, 3.63) is 107 Å². The van der Waals surface area contributed by atoms with Gasteiger partial charge in [-0.2, -0.15) is 0 Å². The number of hydrogen-bond acceptors (Lipinski definition) is 9. The summed E-state index contributed by atoms with van der Waals surface area (Å²) in [5, 5.41) is 0. The lowest BCUT2D eigenvalue weighted by molar-refractivity contribution is 0.0823. The third-order valence-corrected chi connectivity index (χ3v) is 4.82. The third kappa shape index (κ3) is 6.56. The average molecular weight is 534 g/mol. The van der Waals surface area contributed by atoms with E-state index < -0.39 is 35.4 Å².